The molecular formula is C19H24N4O3. The highest BCUT2D eigenvalue weighted by atomic mass is 16.6. The van der Waals surface area contributed by atoms with Gasteiger partial charge >= 0.3 is 12.1 Å². The van der Waals surface area contributed by atoms with Crippen LogP contribution in [0.3, 0.4) is 0 Å². The molecule has 2 heterocycles. The Hall–Kier alpha value is -2.96. The lowest BCUT2D eigenvalue weighted by Gasteiger charge is -2.31. The summed E-state index contributed by atoms with van der Waals surface area (Å²) >= 11 is 0. The summed E-state index contributed by atoms with van der Waals surface area (Å²) in [6.45, 7) is 3.36. The zero-order chi connectivity index (χ0) is 18.4. The second kappa shape index (κ2) is 8.42. The molecule has 0 aliphatic carbocycles. The molecule has 0 atom stereocenters. The van der Waals surface area contributed by atoms with E-state index in [0.717, 1.165) is 24.2 Å². The molecule has 3 rings (SSSR count). The number of piperidine rings is 1. The molecule has 1 saturated heterocycles. The second-order valence-electron chi connectivity index (χ2n) is 6.20. The molecule has 1 aliphatic heterocycles. The number of hydrogen-bond acceptors (Lipinski definition) is 3. The van der Waals surface area contributed by atoms with Gasteiger partial charge in [-0.3, -0.25) is 0 Å². The normalized spacial score (nSPS) is 14.7. The number of nitrogens with one attached hydrogen (secondary N) is 2. The van der Waals surface area contributed by atoms with Gasteiger partial charge in [0.05, 0.1) is 6.61 Å². The molecule has 1 aromatic carbocycles. The van der Waals surface area contributed by atoms with E-state index in [1.165, 1.54) is 0 Å². The highest BCUT2D eigenvalue weighted by Crippen LogP contribution is 2.15. The lowest BCUT2D eigenvalue weighted by atomic mass is 10.1. The van der Waals surface area contributed by atoms with Crippen molar-refractivity contribution >= 4 is 17.8 Å². The number of hydrogen-bond donors (Lipinski definition) is 2. The SMILES string of the molecule is CCOC(=O)N1CCC(NC(=O)Nc2ccc(-n3cccc3)cc2)CC1. The van der Waals surface area contributed by atoms with Gasteiger partial charge in [0.1, 0.15) is 0 Å². The summed E-state index contributed by atoms with van der Waals surface area (Å²) < 4.78 is 7.00. The number of carbonyl (C=O) groups excluding carboxylic acids is 2. The van der Waals surface area contributed by atoms with E-state index >= 15 is 0 Å². The van der Waals surface area contributed by atoms with E-state index < -0.39 is 0 Å². The third-order valence-electron chi connectivity index (χ3n) is 4.38. The number of amides is 3. The van der Waals surface area contributed by atoms with Gasteiger partial charge in [0, 0.05) is 42.9 Å². The summed E-state index contributed by atoms with van der Waals surface area (Å²) in [4.78, 5) is 25.5. The molecular weight excluding hydrogens is 332 g/mol. The minimum atomic E-state index is -0.279. The predicted octanol–water partition coefficient (Wildman–Crippen LogP) is 3.22. The number of aromatic nitrogens is 1. The van der Waals surface area contributed by atoms with Crippen molar-refractivity contribution < 1.29 is 14.3 Å². The number of anilines is 1. The quantitative estimate of drug-likeness (QED) is 0.883. The van der Waals surface area contributed by atoms with Crippen LogP contribution in [0.4, 0.5) is 15.3 Å². The molecule has 138 valence electrons. The van der Waals surface area contributed by atoms with Crippen LogP contribution in [0.2, 0.25) is 0 Å². The molecule has 0 saturated carbocycles. The van der Waals surface area contributed by atoms with Crippen LogP contribution >= 0.6 is 0 Å². The first kappa shape index (κ1) is 17.8. The van der Waals surface area contributed by atoms with Crippen LogP contribution in [0.25, 0.3) is 5.69 Å². The maximum absolute atomic E-state index is 12.2. The van der Waals surface area contributed by atoms with E-state index in [1.54, 1.807) is 11.8 Å². The Labute approximate surface area is 152 Å². The standard InChI is InChI=1S/C19H24N4O3/c1-2-26-19(25)23-13-9-16(10-14-23)21-18(24)20-15-5-7-17(8-6-15)22-11-3-4-12-22/h3-8,11-12,16H,2,9-10,13-14H2,1H3,(H2,20,21,24). The third kappa shape index (κ3) is 4.56. The monoisotopic (exact) mass is 356 g/mol. The molecule has 0 spiro atoms. The molecule has 1 aromatic heterocycles. The van der Waals surface area contributed by atoms with Gasteiger partial charge in [-0.2, -0.15) is 0 Å². The molecule has 2 N–H and O–H groups in total. The summed E-state index contributed by atoms with van der Waals surface area (Å²) in [6.07, 6.45) is 5.10. The van der Waals surface area contributed by atoms with E-state index in [2.05, 4.69) is 10.6 Å². The third-order valence-corrected chi connectivity index (χ3v) is 4.38. The van der Waals surface area contributed by atoms with Gasteiger partial charge in [-0.15, -0.1) is 0 Å². The number of carbonyl (C=O) groups is 2. The van der Waals surface area contributed by atoms with Crippen LogP contribution in [-0.4, -0.2) is 47.3 Å². The molecule has 2 aromatic rings. The Bertz CT molecular complexity index is 720. The number of rotatable bonds is 4. The highest BCUT2D eigenvalue weighted by molar-refractivity contribution is 5.89. The predicted molar refractivity (Wildman–Crippen MR) is 99.5 cm³/mol. The Kier molecular flexibility index (Phi) is 5.78. The van der Waals surface area contributed by atoms with Gasteiger partial charge in [-0.05, 0) is 56.2 Å². The van der Waals surface area contributed by atoms with Crippen LogP contribution in [0.5, 0.6) is 0 Å². The van der Waals surface area contributed by atoms with E-state index in [4.69, 9.17) is 4.74 Å². The Morgan fingerprint density at radius 3 is 2.38 bits per heavy atom. The zero-order valence-corrected chi connectivity index (χ0v) is 14.9. The van der Waals surface area contributed by atoms with Crippen molar-refractivity contribution in [3.05, 3.63) is 48.8 Å². The average Bonchev–Trinajstić information content (AvgIpc) is 3.18. The zero-order valence-electron chi connectivity index (χ0n) is 14.9. The van der Waals surface area contributed by atoms with Crippen molar-refractivity contribution in [1.29, 1.82) is 0 Å². The fraction of sp³-hybridized carbons (Fsp3) is 0.368. The lowest BCUT2D eigenvalue weighted by Crippen LogP contribution is -2.47. The second-order valence-corrected chi connectivity index (χ2v) is 6.20. The van der Waals surface area contributed by atoms with Crippen LogP contribution < -0.4 is 10.6 Å². The van der Waals surface area contributed by atoms with E-state index in [1.807, 2.05) is 53.4 Å². The maximum atomic E-state index is 12.2. The molecule has 1 aliphatic rings. The Balaban J connectivity index is 1.45. The smallest absolute Gasteiger partial charge is 0.409 e. The van der Waals surface area contributed by atoms with Gasteiger partial charge in [-0.1, -0.05) is 0 Å². The van der Waals surface area contributed by atoms with Gasteiger partial charge in [0.2, 0.25) is 0 Å². The Morgan fingerprint density at radius 2 is 1.77 bits per heavy atom. The molecule has 7 heteroatoms. The summed E-state index contributed by atoms with van der Waals surface area (Å²) in [6, 6.07) is 11.4. The maximum Gasteiger partial charge on any atom is 0.409 e. The van der Waals surface area contributed by atoms with Crippen molar-refractivity contribution in [1.82, 2.24) is 14.8 Å². The summed E-state index contributed by atoms with van der Waals surface area (Å²) in [5, 5.41) is 5.82. The number of ether oxygens (including phenoxy) is 1. The lowest BCUT2D eigenvalue weighted by molar-refractivity contribution is 0.0959. The summed E-state index contributed by atoms with van der Waals surface area (Å²) in [5.74, 6) is 0. The highest BCUT2D eigenvalue weighted by Gasteiger charge is 2.24. The van der Waals surface area contributed by atoms with Crippen LogP contribution in [0.15, 0.2) is 48.8 Å². The van der Waals surface area contributed by atoms with E-state index in [-0.39, 0.29) is 18.2 Å². The fourth-order valence-corrected chi connectivity index (χ4v) is 3.00. The van der Waals surface area contributed by atoms with Gasteiger partial charge in [-0.25, -0.2) is 9.59 Å². The van der Waals surface area contributed by atoms with Crippen LogP contribution in [0.1, 0.15) is 19.8 Å². The molecule has 7 nitrogen and oxygen atoms in total. The van der Waals surface area contributed by atoms with Crippen LogP contribution in [-0.2, 0) is 4.74 Å². The molecule has 0 radical (unpaired) electrons. The van der Waals surface area contributed by atoms with Gasteiger partial charge in [0.25, 0.3) is 0 Å². The molecule has 0 bridgehead atoms. The number of urea groups is 1. The van der Waals surface area contributed by atoms with Gasteiger partial charge < -0.3 is 24.8 Å². The fourth-order valence-electron chi connectivity index (χ4n) is 3.00. The topological polar surface area (TPSA) is 75.6 Å². The van der Waals surface area contributed by atoms with Crippen molar-refractivity contribution in [2.45, 2.75) is 25.8 Å². The van der Waals surface area contributed by atoms with Crippen molar-refractivity contribution in [2.75, 3.05) is 25.0 Å². The molecule has 1 fully saturated rings. The molecule has 26 heavy (non-hydrogen) atoms. The van der Waals surface area contributed by atoms with Crippen molar-refractivity contribution in [2.24, 2.45) is 0 Å². The first-order valence-electron chi connectivity index (χ1n) is 8.88. The molecule has 0 unspecified atom stereocenters. The number of likely N-dealkylation sites (tertiary alicyclic amines) is 1. The van der Waals surface area contributed by atoms with Crippen LogP contribution in [0, 0.1) is 0 Å². The number of nitrogens with zero attached hydrogens (tertiary/aromatic N) is 2. The summed E-state index contributed by atoms with van der Waals surface area (Å²) in [7, 11) is 0. The minimum Gasteiger partial charge on any atom is -0.450 e. The van der Waals surface area contributed by atoms with Gasteiger partial charge in [0.15, 0.2) is 0 Å². The first-order valence-corrected chi connectivity index (χ1v) is 8.88. The van der Waals surface area contributed by atoms with E-state index in [9.17, 15) is 9.59 Å². The number of benzene rings is 1. The largest absolute Gasteiger partial charge is 0.450 e. The average molecular weight is 356 g/mol. The minimum absolute atomic E-state index is 0.0554. The van der Waals surface area contributed by atoms with Crippen molar-refractivity contribution in [3.8, 4) is 5.69 Å². The summed E-state index contributed by atoms with van der Waals surface area (Å²) in [5.41, 5.74) is 1.77. The first-order chi connectivity index (χ1) is 12.7. The molecule has 3 amide bonds. The van der Waals surface area contributed by atoms with Crippen molar-refractivity contribution in [3.63, 3.8) is 0 Å². The Morgan fingerprint density at radius 1 is 1.12 bits per heavy atom. The van der Waals surface area contributed by atoms with E-state index in [0.29, 0.717) is 19.7 Å².